The highest BCUT2D eigenvalue weighted by Gasteiger charge is 2.30. The first-order valence-corrected chi connectivity index (χ1v) is 8.36. The lowest BCUT2D eigenvalue weighted by atomic mass is 9.72. The molecular weight excluding hydrogens is 276 g/mol. The fourth-order valence-electron chi connectivity index (χ4n) is 3.06. The summed E-state index contributed by atoms with van der Waals surface area (Å²) in [6, 6.07) is 7.48. The van der Waals surface area contributed by atoms with Crippen LogP contribution >= 0.6 is 0 Å². The van der Waals surface area contributed by atoms with Crippen molar-refractivity contribution in [1.82, 2.24) is 0 Å². The van der Waals surface area contributed by atoms with Crippen LogP contribution in [0.3, 0.4) is 0 Å². The molecule has 1 aliphatic rings. The predicted molar refractivity (Wildman–Crippen MR) is 87.5 cm³/mol. The van der Waals surface area contributed by atoms with Gasteiger partial charge in [-0.15, -0.1) is 0 Å². The Morgan fingerprint density at radius 1 is 1.09 bits per heavy atom. The van der Waals surface area contributed by atoms with E-state index in [1.54, 1.807) is 12.1 Å². The Morgan fingerprint density at radius 2 is 1.68 bits per heavy atom. The highest BCUT2D eigenvalue weighted by Crippen LogP contribution is 2.38. The zero-order valence-corrected chi connectivity index (χ0v) is 14.2. The molecular formula is C19H28O3. The zero-order chi connectivity index (χ0) is 16.2. The van der Waals surface area contributed by atoms with E-state index in [1.807, 2.05) is 12.1 Å². The van der Waals surface area contributed by atoms with E-state index in [0.29, 0.717) is 11.0 Å². The molecule has 0 N–H and O–H groups in total. The van der Waals surface area contributed by atoms with E-state index in [9.17, 15) is 4.79 Å². The van der Waals surface area contributed by atoms with E-state index in [2.05, 4.69) is 27.7 Å². The second-order valence-electron chi connectivity index (χ2n) is 7.36. The minimum Gasteiger partial charge on any atom is -0.293 e. The molecule has 3 heteroatoms. The number of carbonyl (C=O) groups excluding carboxylic acids is 1. The molecule has 0 spiro atoms. The predicted octanol–water partition coefficient (Wildman–Crippen LogP) is 4.94. The Kier molecular flexibility index (Phi) is 5.63. The fraction of sp³-hybridized carbons (Fsp3) is 0.632. The number of carbonyl (C=O) groups is 1. The van der Waals surface area contributed by atoms with Crippen molar-refractivity contribution >= 4 is 5.97 Å². The zero-order valence-electron chi connectivity index (χ0n) is 14.2. The van der Waals surface area contributed by atoms with Gasteiger partial charge in [-0.05, 0) is 61.1 Å². The monoisotopic (exact) mass is 304 g/mol. The molecule has 0 bridgehead atoms. The molecule has 0 heterocycles. The number of benzene rings is 1. The molecule has 0 unspecified atom stereocenters. The Hall–Kier alpha value is -1.35. The van der Waals surface area contributed by atoms with Gasteiger partial charge in [0, 0.05) is 0 Å². The van der Waals surface area contributed by atoms with Gasteiger partial charge in [-0.25, -0.2) is 4.79 Å². The number of aryl methyl sites for hydroxylation is 1. The summed E-state index contributed by atoms with van der Waals surface area (Å²) < 4.78 is 0. The average Bonchev–Trinajstić information content (AvgIpc) is 2.52. The van der Waals surface area contributed by atoms with E-state index in [4.69, 9.17) is 9.78 Å². The smallest absolute Gasteiger partial charge is 0.293 e. The number of hydrogen-bond donors (Lipinski definition) is 0. The molecule has 122 valence electrons. The van der Waals surface area contributed by atoms with Gasteiger partial charge in [0.25, 0.3) is 0 Å². The van der Waals surface area contributed by atoms with Gasteiger partial charge < -0.3 is 0 Å². The second kappa shape index (κ2) is 7.28. The van der Waals surface area contributed by atoms with Crippen LogP contribution in [0.5, 0.6) is 0 Å². The Bertz CT molecular complexity index is 476. The highest BCUT2D eigenvalue weighted by molar-refractivity contribution is 5.88. The molecule has 1 aromatic rings. The molecule has 0 atom stereocenters. The van der Waals surface area contributed by atoms with E-state index >= 15 is 0 Å². The van der Waals surface area contributed by atoms with Crippen LogP contribution in [0.15, 0.2) is 24.3 Å². The summed E-state index contributed by atoms with van der Waals surface area (Å²) in [6.07, 6.45) is 5.20. The molecule has 2 rings (SSSR count). The van der Waals surface area contributed by atoms with Crippen molar-refractivity contribution < 1.29 is 14.6 Å². The van der Waals surface area contributed by atoms with Crippen molar-refractivity contribution in [3.8, 4) is 0 Å². The third-order valence-electron chi connectivity index (χ3n) is 4.76. The summed E-state index contributed by atoms with van der Waals surface area (Å²) in [6.45, 7) is 8.96. The van der Waals surface area contributed by atoms with Gasteiger partial charge in [-0.3, -0.25) is 4.89 Å². The molecule has 0 radical (unpaired) electrons. The molecule has 1 aliphatic carbocycles. The average molecular weight is 304 g/mol. The van der Waals surface area contributed by atoms with Gasteiger partial charge >= 0.3 is 5.97 Å². The van der Waals surface area contributed by atoms with Crippen LogP contribution in [-0.2, 0) is 16.2 Å². The van der Waals surface area contributed by atoms with Crippen molar-refractivity contribution in [2.24, 2.45) is 11.3 Å². The van der Waals surface area contributed by atoms with E-state index in [-0.39, 0.29) is 6.10 Å². The van der Waals surface area contributed by atoms with Gasteiger partial charge in [0.1, 0.15) is 6.10 Å². The summed E-state index contributed by atoms with van der Waals surface area (Å²) in [7, 11) is 0. The van der Waals surface area contributed by atoms with Crippen LogP contribution in [0.25, 0.3) is 0 Å². The quantitative estimate of drug-likeness (QED) is 0.583. The summed E-state index contributed by atoms with van der Waals surface area (Å²) in [5, 5.41) is 0. The van der Waals surface area contributed by atoms with Crippen molar-refractivity contribution in [2.45, 2.75) is 65.9 Å². The molecule has 0 saturated heterocycles. The summed E-state index contributed by atoms with van der Waals surface area (Å²) in [5.74, 6) is 0.324. The van der Waals surface area contributed by atoms with Gasteiger partial charge in [0.15, 0.2) is 0 Å². The Balaban J connectivity index is 1.77. The maximum atomic E-state index is 12.0. The Morgan fingerprint density at radius 3 is 2.18 bits per heavy atom. The maximum Gasteiger partial charge on any atom is 0.373 e. The first-order chi connectivity index (χ1) is 10.4. The molecule has 22 heavy (non-hydrogen) atoms. The van der Waals surface area contributed by atoms with Crippen LogP contribution in [0.4, 0.5) is 0 Å². The van der Waals surface area contributed by atoms with E-state index in [0.717, 1.165) is 38.0 Å². The molecule has 3 nitrogen and oxygen atoms in total. The number of hydrogen-bond acceptors (Lipinski definition) is 3. The van der Waals surface area contributed by atoms with Crippen molar-refractivity contribution in [1.29, 1.82) is 0 Å². The Labute approximate surface area is 133 Å². The van der Waals surface area contributed by atoms with Crippen LogP contribution in [0.2, 0.25) is 0 Å². The van der Waals surface area contributed by atoms with Crippen LogP contribution in [0.1, 0.15) is 69.3 Å². The summed E-state index contributed by atoms with van der Waals surface area (Å²) in [5.41, 5.74) is 2.10. The van der Waals surface area contributed by atoms with Crippen molar-refractivity contribution in [3.63, 3.8) is 0 Å². The summed E-state index contributed by atoms with van der Waals surface area (Å²) >= 11 is 0. The molecule has 1 aromatic carbocycles. The molecule has 1 fully saturated rings. The van der Waals surface area contributed by atoms with Gasteiger partial charge in [-0.2, -0.15) is 4.89 Å². The second-order valence-corrected chi connectivity index (χ2v) is 7.36. The fourth-order valence-corrected chi connectivity index (χ4v) is 3.06. The molecule has 0 aliphatic heterocycles. The minimum absolute atomic E-state index is 0.0393. The largest absolute Gasteiger partial charge is 0.373 e. The lowest BCUT2D eigenvalue weighted by Crippen LogP contribution is -2.29. The van der Waals surface area contributed by atoms with Gasteiger partial charge in [0.05, 0.1) is 5.56 Å². The summed E-state index contributed by atoms with van der Waals surface area (Å²) in [4.78, 5) is 22.4. The number of rotatable bonds is 4. The molecule has 1 saturated carbocycles. The first-order valence-electron chi connectivity index (χ1n) is 8.36. The van der Waals surface area contributed by atoms with E-state index in [1.165, 1.54) is 5.56 Å². The standard InChI is InChI=1S/C19H28O3/c1-5-14-6-8-15(9-7-14)18(20)22-21-17-12-10-16(11-13-17)19(2,3)4/h6-9,16-17H,5,10-13H2,1-4H3. The molecule has 0 amide bonds. The lowest BCUT2D eigenvalue weighted by Gasteiger charge is -2.36. The minimum atomic E-state index is -0.402. The third-order valence-corrected chi connectivity index (χ3v) is 4.76. The van der Waals surface area contributed by atoms with Crippen LogP contribution in [0, 0.1) is 11.3 Å². The molecule has 0 aromatic heterocycles. The SMILES string of the molecule is CCc1ccc(C(=O)OOC2CCC(C(C)(C)C)CC2)cc1. The normalized spacial score (nSPS) is 22.4. The third kappa shape index (κ3) is 4.57. The van der Waals surface area contributed by atoms with Crippen LogP contribution < -0.4 is 0 Å². The van der Waals surface area contributed by atoms with Gasteiger partial charge in [-0.1, -0.05) is 39.8 Å². The topological polar surface area (TPSA) is 35.5 Å². The van der Waals surface area contributed by atoms with Crippen LogP contribution in [-0.4, -0.2) is 12.1 Å². The van der Waals surface area contributed by atoms with Crippen molar-refractivity contribution in [3.05, 3.63) is 35.4 Å². The van der Waals surface area contributed by atoms with E-state index < -0.39 is 5.97 Å². The maximum absolute atomic E-state index is 12.0. The van der Waals surface area contributed by atoms with Gasteiger partial charge in [0.2, 0.25) is 0 Å². The lowest BCUT2D eigenvalue weighted by molar-refractivity contribution is -0.281. The first kappa shape index (κ1) is 17.0. The highest BCUT2D eigenvalue weighted by atomic mass is 17.2. The van der Waals surface area contributed by atoms with Crippen molar-refractivity contribution in [2.75, 3.05) is 0 Å².